The molecule has 1 heterocycles. The fourth-order valence-electron chi connectivity index (χ4n) is 6.68. The second-order valence-electron chi connectivity index (χ2n) is 12.0. The highest BCUT2D eigenvalue weighted by atomic mass is 16.7. The van der Waals surface area contributed by atoms with E-state index in [0.29, 0.717) is 25.1 Å². The van der Waals surface area contributed by atoms with Crippen molar-refractivity contribution >= 4 is 17.6 Å². The summed E-state index contributed by atoms with van der Waals surface area (Å²) in [6, 6.07) is 14.5. The Kier molecular flexibility index (Phi) is 13.3. The molecule has 46 heavy (non-hydrogen) atoms. The number of aryl methyl sites for hydroxylation is 3. The number of hydrogen-bond acceptors (Lipinski definition) is 7. The van der Waals surface area contributed by atoms with Crippen molar-refractivity contribution in [2.75, 3.05) is 47.9 Å². The Morgan fingerprint density at radius 2 is 1.85 bits per heavy atom. The number of hydroxylamine groups is 2. The first-order valence-electron chi connectivity index (χ1n) is 16.1. The zero-order valence-corrected chi connectivity index (χ0v) is 28.6. The third kappa shape index (κ3) is 7.77. The van der Waals surface area contributed by atoms with Crippen LogP contribution < -0.4 is 16.0 Å². The van der Waals surface area contributed by atoms with Crippen LogP contribution in [0.25, 0.3) is 0 Å². The molecule has 0 spiro atoms. The van der Waals surface area contributed by atoms with Crippen LogP contribution in [0.15, 0.2) is 54.2 Å². The van der Waals surface area contributed by atoms with E-state index in [4.69, 9.17) is 9.83 Å². The number of benzene rings is 2. The number of hydrogen-bond donors (Lipinski definition) is 3. The van der Waals surface area contributed by atoms with E-state index in [2.05, 4.69) is 73.6 Å². The van der Waals surface area contributed by atoms with Gasteiger partial charge in [0.1, 0.15) is 11.9 Å². The van der Waals surface area contributed by atoms with Crippen LogP contribution in [0.1, 0.15) is 71.3 Å². The average molecular weight is 630 g/mol. The number of nitrogens with one attached hydrogen (secondary N) is 3. The van der Waals surface area contributed by atoms with E-state index in [1.54, 1.807) is 32.3 Å². The number of amides is 2. The van der Waals surface area contributed by atoms with Gasteiger partial charge in [-0.2, -0.15) is 5.26 Å². The van der Waals surface area contributed by atoms with Crippen LogP contribution in [0.4, 0.5) is 0 Å². The lowest BCUT2D eigenvalue weighted by atomic mass is 9.68. The molecule has 2 atom stereocenters. The summed E-state index contributed by atoms with van der Waals surface area (Å²) in [7, 11) is 6.92. The van der Waals surface area contributed by atoms with Gasteiger partial charge < -0.3 is 20.9 Å². The second-order valence-corrected chi connectivity index (χ2v) is 12.0. The first kappa shape index (κ1) is 36.3. The number of nitriles is 1. The highest BCUT2D eigenvalue weighted by Gasteiger charge is 2.46. The summed E-state index contributed by atoms with van der Waals surface area (Å²) < 4.78 is 0. The topological polar surface area (TPSA) is 122 Å². The van der Waals surface area contributed by atoms with Crippen molar-refractivity contribution in [3.63, 3.8) is 0 Å². The van der Waals surface area contributed by atoms with Crippen LogP contribution in [0.2, 0.25) is 0 Å². The first-order valence-corrected chi connectivity index (χ1v) is 16.1. The van der Waals surface area contributed by atoms with Crippen molar-refractivity contribution in [3.05, 3.63) is 82.6 Å². The third-order valence-corrected chi connectivity index (χ3v) is 8.79. The third-order valence-electron chi connectivity index (χ3n) is 8.79. The summed E-state index contributed by atoms with van der Waals surface area (Å²) in [5, 5.41) is 20.2. The zero-order valence-electron chi connectivity index (χ0n) is 28.6. The Balaban J connectivity index is 0.00000136. The number of nitrogens with zero attached hydrogens (tertiary/aromatic N) is 4. The summed E-state index contributed by atoms with van der Waals surface area (Å²) in [6.45, 7) is 10.9. The Labute approximate surface area is 274 Å². The van der Waals surface area contributed by atoms with Gasteiger partial charge in [-0.3, -0.25) is 19.4 Å². The number of amidine groups is 1. The van der Waals surface area contributed by atoms with Gasteiger partial charge in [0.2, 0.25) is 5.91 Å². The van der Waals surface area contributed by atoms with Crippen molar-refractivity contribution in [2.24, 2.45) is 4.99 Å². The maximum absolute atomic E-state index is 13.0. The molecule has 3 N–H and O–H groups in total. The molecule has 1 fully saturated rings. The maximum atomic E-state index is 13.0. The largest absolute Gasteiger partial charge is 0.394 e. The van der Waals surface area contributed by atoms with E-state index in [1.807, 2.05) is 24.2 Å². The molecule has 1 aliphatic heterocycles. The molecule has 1 saturated heterocycles. The molecule has 10 nitrogen and oxygen atoms in total. The van der Waals surface area contributed by atoms with Gasteiger partial charge in [0.05, 0.1) is 31.2 Å². The molecule has 0 aromatic heterocycles. The van der Waals surface area contributed by atoms with Gasteiger partial charge in [-0.25, -0.2) is 5.06 Å². The Morgan fingerprint density at radius 1 is 1.20 bits per heavy atom. The number of rotatable bonds is 10. The van der Waals surface area contributed by atoms with Crippen molar-refractivity contribution < 1.29 is 14.4 Å². The fraction of sp³-hybridized carbons (Fsp3) is 0.500. The molecule has 4 rings (SSSR count). The van der Waals surface area contributed by atoms with Crippen molar-refractivity contribution in [2.45, 2.75) is 70.4 Å². The standard InChI is InChI=1S/C33H44N6O3.C3H7N/c1-22(2)39(42-6)32(36-5)33(15-16-37-21-30(40)38-17-7-8-27(38)20-34)28-13-9-23(3)18-24(28)10-11-25-19-26(31(41)35-4)12-14-29(25)33;1-3-4-2/h9,12-14,18-19,22,27,37H,7-8,10-11,15-17,21H2,1-6H3,(H,35,41);3-4H,1H2,2H3. The SMILES string of the molecule is C=CNC.CN=C(N(OC)C(C)C)C1(CCNCC(=O)N2CCCC2C#N)c2ccc(C)cc2CCc2cc(C(=O)NC)ccc21. The quantitative estimate of drug-likeness (QED) is 0.158. The molecule has 2 aromatic carbocycles. The van der Waals surface area contributed by atoms with Gasteiger partial charge in [-0.1, -0.05) is 36.4 Å². The number of aliphatic imine (C=N–C) groups is 1. The van der Waals surface area contributed by atoms with Gasteiger partial charge in [-0.15, -0.1) is 0 Å². The van der Waals surface area contributed by atoms with Gasteiger partial charge in [0, 0.05) is 33.3 Å². The van der Waals surface area contributed by atoms with Crippen LogP contribution in [0.5, 0.6) is 0 Å². The number of carbonyl (C=O) groups excluding carboxylic acids is 2. The lowest BCUT2D eigenvalue weighted by molar-refractivity contribution is -0.130. The molecule has 2 aromatic rings. The van der Waals surface area contributed by atoms with E-state index >= 15 is 0 Å². The minimum Gasteiger partial charge on any atom is -0.394 e. The van der Waals surface area contributed by atoms with Crippen LogP contribution in [-0.4, -0.2) is 87.6 Å². The normalized spacial score (nSPS) is 18.7. The molecule has 10 heteroatoms. The molecule has 2 aliphatic rings. The van der Waals surface area contributed by atoms with Gasteiger partial charge in [-0.05, 0) is 100 Å². The van der Waals surface area contributed by atoms with E-state index in [9.17, 15) is 14.9 Å². The lowest BCUT2D eigenvalue weighted by Gasteiger charge is -2.43. The number of likely N-dealkylation sites (tertiary alicyclic amines) is 1. The van der Waals surface area contributed by atoms with Crippen LogP contribution in [0, 0.1) is 18.3 Å². The summed E-state index contributed by atoms with van der Waals surface area (Å²) in [5.41, 5.74) is 5.65. The molecule has 2 unspecified atom stereocenters. The summed E-state index contributed by atoms with van der Waals surface area (Å²) in [5.74, 6) is 0.604. The molecule has 0 bridgehead atoms. The first-order chi connectivity index (χ1) is 22.1. The van der Waals surface area contributed by atoms with Crippen molar-refractivity contribution in [1.82, 2.24) is 25.9 Å². The van der Waals surface area contributed by atoms with Gasteiger partial charge >= 0.3 is 0 Å². The summed E-state index contributed by atoms with van der Waals surface area (Å²) in [4.78, 5) is 38.2. The van der Waals surface area contributed by atoms with E-state index < -0.39 is 5.41 Å². The smallest absolute Gasteiger partial charge is 0.251 e. The summed E-state index contributed by atoms with van der Waals surface area (Å²) >= 11 is 0. The molecule has 1 aliphatic carbocycles. The zero-order chi connectivity index (χ0) is 33.9. The number of carbonyl (C=O) groups is 2. The second kappa shape index (κ2) is 16.9. The molecular formula is C36H51N7O3. The Morgan fingerprint density at radius 3 is 2.41 bits per heavy atom. The minimum absolute atomic E-state index is 0.00365. The fourth-order valence-corrected chi connectivity index (χ4v) is 6.68. The molecule has 0 radical (unpaired) electrons. The maximum Gasteiger partial charge on any atom is 0.251 e. The Hall–Kier alpha value is -4.20. The van der Waals surface area contributed by atoms with Crippen LogP contribution >= 0.6 is 0 Å². The van der Waals surface area contributed by atoms with Gasteiger partial charge in [0.25, 0.3) is 5.91 Å². The van der Waals surface area contributed by atoms with E-state index in [-0.39, 0.29) is 30.4 Å². The molecule has 2 amide bonds. The molecular weight excluding hydrogens is 578 g/mol. The van der Waals surface area contributed by atoms with E-state index in [1.165, 1.54) is 11.1 Å². The van der Waals surface area contributed by atoms with Crippen LogP contribution in [-0.2, 0) is 27.9 Å². The average Bonchev–Trinajstić information content (AvgIpc) is 3.51. The monoisotopic (exact) mass is 629 g/mol. The van der Waals surface area contributed by atoms with Crippen molar-refractivity contribution in [1.29, 1.82) is 5.26 Å². The highest BCUT2D eigenvalue weighted by molar-refractivity contribution is 5.98. The number of fused-ring (bicyclic) bond motifs is 2. The minimum atomic E-state index is -0.718. The lowest BCUT2D eigenvalue weighted by Crippen LogP contribution is -2.52. The molecule has 248 valence electrons. The predicted molar refractivity (Wildman–Crippen MR) is 184 cm³/mol. The molecule has 0 saturated carbocycles. The van der Waals surface area contributed by atoms with Crippen LogP contribution in [0.3, 0.4) is 0 Å². The summed E-state index contributed by atoms with van der Waals surface area (Å²) in [6.07, 6.45) is 5.42. The highest BCUT2D eigenvalue weighted by Crippen LogP contribution is 2.45. The van der Waals surface area contributed by atoms with Crippen molar-refractivity contribution in [3.8, 4) is 6.07 Å². The Bertz CT molecular complexity index is 1450. The van der Waals surface area contributed by atoms with E-state index in [0.717, 1.165) is 48.2 Å². The van der Waals surface area contributed by atoms with Gasteiger partial charge in [0.15, 0.2) is 0 Å². The predicted octanol–water partition coefficient (Wildman–Crippen LogP) is 3.88.